The number of hydrogen-bond donors (Lipinski definition) is 1. The molecular weight excluding hydrogens is 220 g/mol. The van der Waals surface area contributed by atoms with Gasteiger partial charge in [0.25, 0.3) is 0 Å². The summed E-state index contributed by atoms with van der Waals surface area (Å²) in [6.07, 6.45) is 6.73. The van der Waals surface area contributed by atoms with Crippen molar-refractivity contribution in [3.63, 3.8) is 0 Å². The van der Waals surface area contributed by atoms with Gasteiger partial charge in [0.2, 0.25) is 0 Å². The maximum atomic E-state index is 3.75. The Morgan fingerprint density at radius 2 is 1.83 bits per heavy atom. The van der Waals surface area contributed by atoms with Gasteiger partial charge in [-0.25, -0.2) is 0 Å². The SMILES string of the molecule is CCCNC(CN1CCC(CC)CC1)C(C)CC. The first-order chi connectivity index (χ1) is 8.71. The van der Waals surface area contributed by atoms with Gasteiger partial charge in [0.05, 0.1) is 0 Å². The molecule has 1 saturated heterocycles. The summed E-state index contributed by atoms with van der Waals surface area (Å²) in [5, 5.41) is 3.75. The largest absolute Gasteiger partial charge is 0.312 e. The van der Waals surface area contributed by atoms with Crippen LogP contribution in [0.1, 0.15) is 59.8 Å². The lowest BCUT2D eigenvalue weighted by molar-refractivity contribution is 0.151. The molecule has 108 valence electrons. The minimum absolute atomic E-state index is 0.688. The smallest absolute Gasteiger partial charge is 0.0220 e. The molecule has 1 N–H and O–H groups in total. The van der Waals surface area contributed by atoms with Crippen molar-refractivity contribution in [2.24, 2.45) is 11.8 Å². The molecule has 0 aliphatic carbocycles. The van der Waals surface area contributed by atoms with Gasteiger partial charge in [0.15, 0.2) is 0 Å². The van der Waals surface area contributed by atoms with E-state index in [1.54, 1.807) is 0 Å². The standard InChI is InChI=1S/C16H34N2/c1-5-10-17-16(14(4)6-2)13-18-11-8-15(7-3)9-12-18/h14-17H,5-13H2,1-4H3. The summed E-state index contributed by atoms with van der Waals surface area (Å²) in [6.45, 7) is 14.4. The summed E-state index contributed by atoms with van der Waals surface area (Å²) in [5.41, 5.74) is 0. The molecule has 0 radical (unpaired) electrons. The number of hydrogen-bond acceptors (Lipinski definition) is 2. The molecule has 2 nitrogen and oxygen atoms in total. The van der Waals surface area contributed by atoms with Crippen LogP contribution in [-0.4, -0.2) is 37.1 Å². The molecule has 2 unspecified atom stereocenters. The van der Waals surface area contributed by atoms with E-state index in [-0.39, 0.29) is 0 Å². The molecule has 1 fully saturated rings. The molecule has 1 aliphatic heterocycles. The van der Waals surface area contributed by atoms with Crippen molar-refractivity contribution in [2.45, 2.75) is 65.8 Å². The lowest BCUT2D eigenvalue weighted by Crippen LogP contribution is -2.47. The van der Waals surface area contributed by atoms with E-state index in [1.165, 1.54) is 58.3 Å². The normalized spacial score (nSPS) is 22.0. The van der Waals surface area contributed by atoms with Crippen LogP contribution in [0.5, 0.6) is 0 Å². The average Bonchev–Trinajstić information content (AvgIpc) is 2.43. The highest BCUT2D eigenvalue weighted by Crippen LogP contribution is 2.21. The summed E-state index contributed by atoms with van der Waals surface area (Å²) < 4.78 is 0. The van der Waals surface area contributed by atoms with Gasteiger partial charge in [-0.15, -0.1) is 0 Å². The Balaban J connectivity index is 2.36. The fourth-order valence-electron chi connectivity index (χ4n) is 2.92. The summed E-state index contributed by atoms with van der Waals surface area (Å²) in [4.78, 5) is 2.69. The van der Waals surface area contributed by atoms with Crippen LogP contribution < -0.4 is 5.32 Å². The Labute approximate surface area is 115 Å². The number of rotatable bonds is 8. The second kappa shape index (κ2) is 8.92. The van der Waals surface area contributed by atoms with E-state index in [2.05, 4.69) is 37.9 Å². The molecule has 1 rings (SSSR count). The minimum atomic E-state index is 0.688. The van der Waals surface area contributed by atoms with Crippen molar-refractivity contribution < 1.29 is 0 Å². The van der Waals surface area contributed by atoms with E-state index in [0.717, 1.165) is 11.8 Å². The molecule has 1 aliphatic rings. The topological polar surface area (TPSA) is 15.3 Å². The van der Waals surface area contributed by atoms with E-state index in [9.17, 15) is 0 Å². The number of nitrogens with zero attached hydrogens (tertiary/aromatic N) is 1. The van der Waals surface area contributed by atoms with Crippen LogP contribution >= 0.6 is 0 Å². The summed E-state index contributed by atoms with van der Waals surface area (Å²) in [7, 11) is 0. The zero-order chi connectivity index (χ0) is 13.4. The molecule has 0 aromatic carbocycles. The fourth-order valence-corrected chi connectivity index (χ4v) is 2.92. The van der Waals surface area contributed by atoms with Crippen LogP contribution in [0.4, 0.5) is 0 Å². The predicted molar refractivity (Wildman–Crippen MR) is 81.0 cm³/mol. The van der Waals surface area contributed by atoms with Gasteiger partial charge >= 0.3 is 0 Å². The second-order valence-corrected chi connectivity index (χ2v) is 6.10. The lowest BCUT2D eigenvalue weighted by atomic mass is 9.92. The molecule has 18 heavy (non-hydrogen) atoms. The number of piperidine rings is 1. The lowest BCUT2D eigenvalue weighted by Gasteiger charge is -2.36. The highest BCUT2D eigenvalue weighted by atomic mass is 15.2. The maximum Gasteiger partial charge on any atom is 0.0220 e. The molecule has 0 bridgehead atoms. The van der Waals surface area contributed by atoms with Gasteiger partial charge in [-0.2, -0.15) is 0 Å². The first-order valence-corrected chi connectivity index (χ1v) is 8.16. The third-order valence-electron chi connectivity index (χ3n) is 4.73. The van der Waals surface area contributed by atoms with Crippen LogP contribution in [0.3, 0.4) is 0 Å². The quantitative estimate of drug-likeness (QED) is 0.713. The summed E-state index contributed by atoms with van der Waals surface area (Å²) in [5.74, 6) is 1.78. The van der Waals surface area contributed by atoms with Crippen LogP contribution in [0.2, 0.25) is 0 Å². The van der Waals surface area contributed by atoms with Crippen LogP contribution in [0.25, 0.3) is 0 Å². The van der Waals surface area contributed by atoms with Crippen molar-refractivity contribution in [3.8, 4) is 0 Å². The molecular formula is C16H34N2. The Hall–Kier alpha value is -0.0800. The molecule has 0 saturated carbocycles. The first-order valence-electron chi connectivity index (χ1n) is 8.16. The highest BCUT2D eigenvalue weighted by molar-refractivity contribution is 4.80. The van der Waals surface area contributed by atoms with E-state index < -0.39 is 0 Å². The molecule has 0 aromatic heterocycles. The number of likely N-dealkylation sites (tertiary alicyclic amines) is 1. The van der Waals surface area contributed by atoms with Gasteiger partial charge in [-0.05, 0) is 50.7 Å². The predicted octanol–water partition coefficient (Wildman–Crippen LogP) is 3.52. The molecule has 2 heteroatoms. The van der Waals surface area contributed by atoms with Crippen LogP contribution in [0.15, 0.2) is 0 Å². The van der Waals surface area contributed by atoms with Crippen molar-refractivity contribution >= 4 is 0 Å². The highest BCUT2D eigenvalue weighted by Gasteiger charge is 2.22. The Bertz CT molecular complexity index is 197. The minimum Gasteiger partial charge on any atom is -0.312 e. The van der Waals surface area contributed by atoms with Crippen molar-refractivity contribution in [2.75, 3.05) is 26.2 Å². The van der Waals surface area contributed by atoms with E-state index in [4.69, 9.17) is 0 Å². The molecule has 2 atom stereocenters. The third kappa shape index (κ3) is 5.27. The molecule has 0 spiro atoms. The third-order valence-corrected chi connectivity index (χ3v) is 4.73. The molecule has 0 aromatic rings. The zero-order valence-corrected chi connectivity index (χ0v) is 13.0. The second-order valence-electron chi connectivity index (χ2n) is 6.10. The van der Waals surface area contributed by atoms with Crippen LogP contribution in [-0.2, 0) is 0 Å². The van der Waals surface area contributed by atoms with Gasteiger partial charge < -0.3 is 10.2 Å². The molecule has 0 amide bonds. The van der Waals surface area contributed by atoms with E-state index in [0.29, 0.717) is 6.04 Å². The Morgan fingerprint density at radius 1 is 1.17 bits per heavy atom. The fraction of sp³-hybridized carbons (Fsp3) is 1.00. The Kier molecular flexibility index (Phi) is 7.92. The van der Waals surface area contributed by atoms with Crippen molar-refractivity contribution in [1.82, 2.24) is 10.2 Å². The van der Waals surface area contributed by atoms with E-state index in [1.807, 2.05) is 0 Å². The maximum absolute atomic E-state index is 3.75. The van der Waals surface area contributed by atoms with Crippen LogP contribution in [0, 0.1) is 11.8 Å². The van der Waals surface area contributed by atoms with Gasteiger partial charge in [-0.3, -0.25) is 0 Å². The zero-order valence-electron chi connectivity index (χ0n) is 13.0. The van der Waals surface area contributed by atoms with Gasteiger partial charge in [-0.1, -0.05) is 40.5 Å². The average molecular weight is 254 g/mol. The Morgan fingerprint density at radius 3 is 2.33 bits per heavy atom. The van der Waals surface area contributed by atoms with E-state index >= 15 is 0 Å². The first kappa shape index (κ1) is 16.0. The van der Waals surface area contributed by atoms with Crippen molar-refractivity contribution in [3.05, 3.63) is 0 Å². The summed E-state index contributed by atoms with van der Waals surface area (Å²) in [6, 6.07) is 0.688. The van der Waals surface area contributed by atoms with Gasteiger partial charge in [0, 0.05) is 12.6 Å². The summed E-state index contributed by atoms with van der Waals surface area (Å²) >= 11 is 0. The monoisotopic (exact) mass is 254 g/mol. The molecule has 1 heterocycles. The number of nitrogens with one attached hydrogen (secondary N) is 1. The van der Waals surface area contributed by atoms with Gasteiger partial charge in [0.1, 0.15) is 0 Å². The van der Waals surface area contributed by atoms with Crippen molar-refractivity contribution in [1.29, 1.82) is 0 Å².